The molecule has 0 unspecified atom stereocenters. The van der Waals surface area contributed by atoms with Gasteiger partial charge in [-0.3, -0.25) is 4.79 Å². The van der Waals surface area contributed by atoms with Crippen LogP contribution in [0.2, 0.25) is 0 Å². The Balaban J connectivity index is 2.57. The standard InChI is InChI=1S/C11H16BrNO2S/c1-3-11(15,4-2)7-13-10(14)9-8(12)5-6-16-9/h5-6,15H,3-4,7H2,1-2H3,(H,13,14). The van der Waals surface area contributed by atoms with Gasteiger partial charge in [-0.15, -0.1) is 11.3 Å². The van der Waals surface area contributed by atoms with Crippen molar-refractivity contribution in [1.82, 2.24) is 5.32 Å². The second kappa shape index (κ2) is 5.80. The molecule has 0 aliphatic rings. The number of carbonyl (C=O) groups is 1. The van der Waals surface area contributed by atoms with E-state index in [9.17, 15) is 9.90 Å². The molecule has 1 heterocycles. The van der Waals surface area contributed by atoms with E-state index in [-0.39, 0.29) is 5.91 Å². The minimum absolute atomic E-state index is 0.137. The van der Waals surface area contributed by atoms with Crippen molar-refractivity contribution in [3.8, 4) is 0 Å². The molecular weight excluding hydrogens is 290 g/mol. The highest BCUT2D eigenvalue weighted by molar-refractivity contribution is 9.10. The summed E-state index contributed by atoms with van der Waals surface area (Å²) in [6.45, 7) is 4.12. The van der Waals surface area contributed by atoms with Crippen molar-refractivity contribution >= 4 is 33.2 Å². The Bertz CT molecular complexity index is 361. The number of nitrogens with one attached hydrogen (secondary N) is 1. The zero-order valence-electron chi connectivity index (χ0n) is 9.42. The van der Waals surface area contributed by atoms with E-state index in [0.717, 1.165) is 4.47 Å². The third-order valence-electron chi connectivity index (χ3n) is 2.72. The quantitative estimate of drug-likeness (QED) is 0.879. The minimum atomic E-state index is -0.792. The molecule has 90 valence electrons. The number of thiophene rings is 1. The average Bonchev–Trinajstić information content (AvgIpc) is 2.72. The van der Waals surface area contributed by atoms with Crippen LogP contribution in [-0.4, -0.2) is 23.2 Å². The van der Waals surface area contributed by atoms with Crippen LogP contribution in [0.3, 0.4) is 0 Å². The van der Waals surface area contributed by atoms with Crippen LogP contribution in [0.15, 0.2) is 15.9 Å². The van der Waals surface area contributed by atoms with Crippen LogP contribution in [0.4, 0.5) is 0 Å². The molecule has 2 N–H and O–H groups in total. The molecule has 0 aromatic carbocycles. The Morgan fingerprint density at radius 1 is 1.56 bits per heavy atom. The first kappa shape index (κ1) is 13.7. The van der Waals surface area contributed by atoms with E-state index in [1.54, 1.807) is 0 Å². The lowest BCUT2D eigenvalue weighted by molar-refractivity contribution is 0.0314. The Morgan fingerprint density at radius 2 is 2.19 bits per heavy atom. The third kappa shape index (κ3) is 3.30. The van der Waals surface area contributed by atoms with Crippen molar-refractivity contribution in [2.24, 2.45) is 0 Å². The molecule has 1 aromatic heterocycles. The van der Waals surface area contributed by atoms with E-state index in [1.807, 2.05) is 25.3 Å². The zero-order chi connectivity index (χ0) is 12.2. The number of aliphatic hydroxyl groups is 1. The van der Waals surface area contributed by atoms with E-state index >= 15 is 0 Å². The summed E-state index contributed by atoms with van der Waals surface area (Å²) in [6, 6.07) is 1.84. The van der Waals surface area contributed by atoms with Gasteiger partial charge in [0.2, 0.25) is 0 Å². The van der Waals surface area contributed by atoms with Crippen LogP contribution >= 0.6 is 27.3 Å². The fourth-order valence-corrected chi connectivity index (χ4v) is 2.75. The monoisotopic (exact) mass is 305 g/mol. The maximum absolute atomic E-state index is 11.8. The summed E-state index contributed by atoms with van der Waals surface area (Å²) >= 11 is 4.69. The number of halogens is 1. The van der Waals surface area contributed by atoms with Gasteiger partial charge >= 0.3 is 0 Å². The van der Waals surface area contributed by atoms with Crippen LogP contribution in [0.1, 0.15) is 36.4 Å². The smallest absolute Gasteiger partial charge is 0.262 e. The van der Waals surface area contributed by atoms with E-state index in [1.165, 1.54) is 11.3 Å². The number of carbonyl (C=O) groups excluding carboxylic acids is 1. The molecule has 0 saturated heterocycles. The summed E-state index contributed by atoms with van der Waals surface area (Å²) in [4.78, 5) is 12.4. The van der Waals surface area contributed by atoms with E-state index < -0.39 is 5.60 Å². The molecule has 3 nitrogen and oxygen atoms in total. The first-order valence-corrected chi connectivity index (χ1v) is 6.93. The van der Waals surface area contributed by atoms with Gasteiger partial charge in [-0.2, -0.15) is 0 Å². The molecule has 0 aliphatic carbocycles. The third-order valence-corrected chi connectivity index (χ3v) is 4.55. The van der Waals surface area contributed by atoms with Gasteiger partial charge in [0.1, 0.15) is 4.88 Å². The van der Waals surface area contributed by atoms with Crippen LogP contribution in [0, 0.1) is 0 Å². The van der Waals surface area contributed by atoms with Crippen LogP contribution < -0.4 is 5.32 Å². The van der Waals surface area contributed by atoms with Gasteiger partial charge < -0.3 is 10.4 Å². The van der Waals surface area contributed by atoms with Crippen molar-refractivity contribution in [1.29, 1.82) is 0 Å². The van der Waals surface area contributed by atoms with E-state index in [0.29, 0.717) is 24.3 Å². The first-order valence-electron chi connectivity index (χ1n) is 5.26. The molecule has 0 radical (unpaired) electrons. The summed E-state index contributed by atoms with van der Waals surface area (Å²) in [5.74, 6) is -0.137. The molecule has 0 saturated carbocycles. The molecule has 0 aliphatic heterocycles. The lowest BCUT2D eigenvalue weighted by Gasteiger charge is -2.25. The molecule has 16 heavy (non-hydrogen) atoms. The highest BCUT2D eigenvalue weighted by Crippen LogP contribution is 2.22. The summed E-state index contributed by atoms with van der Waals surface area (Å²) < 4.78 is 0.798. The number of rotatable bonds is 5. The molecule has 0 atom stereocenters. The van der Waals surface area contributed by atoms with E-state index in [4.69, 9.17) is 0 Å². The van der Waals surface area contributed by atoms with Gasteiger partial charge in [0.25, 0.3) is 5.91 Å². The van der Waals surface area contributed by atoms with Crippen molar-refractivity contribution in [3.63, 3.8) is 0 Å². The normalized spacial score (nSPS) is 11.5. The van der Waals surface area contributed by atoms with Gasteiger partial charge in [0.05, 0.1) is 5.60 Å². The maximum Gasteiger partial charge on any atom is 0.262 e. The van der Waals surface area contributed by atoms with Crippen LogP contribution in [0.25, 0.3) is 0 Å². The van der Waals surface area contributed by atoms with Gasteiger partial charge in [0, 0.05) is 11.0 Å². The van der Waals surface area contributed by atoms with Gasteiger partial charge in [-0.25, -0.2) is 0 Å². The molecule has 0 spiro atoms. The van der Waals surface area contributed by atoms with Gasteiger partial charge in [-0.1, -0.05) is 13.8 Å². The number of hydrogen-bond donors (Lipinski definition) is 2. The molecule has 5 heteroatoms. The summed E-state index contributed by atoms with van der Waals surface area (Å²) in [7, 11) is 0. The highest BCUT2D eigenvalue weighted by atomic mass is 79.9. The largest absolute Gasteiger partial charge is 0.388 e. The van der Waals surface area contributed by atoms with Gasteiger partial charge in [0.15, 0.2) is 0 Å². The first-order chi connectivity index (χ1) is 7.52. The lowest BCUT2D eigenvalue weighted by atomic mass is 9.98. The Hall–Kier alpha value is -0.390. The van der Waals surface area contributed by atoms with Crippen molar-refractivity contribution < 1.29 is 9.90 Å². The predicted molar refractivity (Wildman–Crippen MR) is 69.9 cm³/mol. The van der Waals surface area contributed by atoms with Crippen molar-refractivity contribution in [2.75, 3.05) is 6.54 Å². The Labute approximate surface area is 108 Å². The number of amides is 1. The predicted octanol–water partition coefficient (Wildman–Crippen LogP) is 2.79. The zero-order valence-corrected chi connectivity index (χ0v) is 11.8. The summed E-state index contributed by atoms with van der Waals surface area (Å²) in [5, 5.41) is 14.6. The second-order valence-electron chi connectivity index (χ2n) is 3.71. The fraction of sp³-hybridized carbons (Fsp3) is 0.545. The summed E-state index contributed by atoms with van der Waals surface area (Å²) in [5.41, 5.74) is -0.792. The van der Waals surface area contributed by atoms with Crippen LogP contribution in [0.5, 0.6) is 0 Å². The van der Waals surface area contributed by atoms with Crippen molar-refractivity contribution in [3.05, 3.63) is 20.8 Å². The highest BCUT2D eigenvalue weighted by Gasteiger charge is 2.23. The molecule has 1 amide bonds. The Kier molecular flexibility index (Phi) is 4.95. The molecular formula is C11H16BrNO2S. The average molecular weight is 306 g/mol. The Morgan fingerprint density at radius 3 is 2.62 bits per heavy atom. The number of hydrogen-bond acceptors (Lipinski definition) is 3. The lowest BCUT2D eigenvalue weighted by Crippen LogP contribution is -2.41. The summed E-state index contributed by atoms with van der Waals surface area (Å²) in [6.07, 6.45) is 1.27. The fourth-order valence-electron chi connectivity index (χ4n) is 1.28. The minimum Gasteiger partial charge on any atom is -0.388 e. The van der Waals surface area contributed by atoms with E-state index in [2.05, 4.69) is 21.2 Å². The molecule has 0 fully saturated rings. The van der Waals surface area contributed by atoms with Gasteiger partial charge in [-0.05, 0) is 40.2 Å². The SMILES string of the molecule is CCC(O)(CC)CNC(=O)c1sccc1Br. The van der Waals surface area contributed by atoms with Crippen LogP contribution in [-0.2, 0) is 0 Å². The molecule has 1 aromatic rings. The topological polar surface area (TPSA) is 49.3 Å². The maximum atomic E-state index is 11.8. The molecule has 1 rings (SSSR count). The van der Waals surface area contributed by atoms with Crippen molar-refractivity contribution in [2.45, 2.75) is 32.3 Å². The molecule has 0 bridgehead atoms. The second-order valence-corrected chi connectivity index (χ2v) is 5.48.